The van der Waals surface area contributed by atoms with E-state index in [-0.39, 0.29) is 6.10 Å². The van der Waals surface area contributed by atoms with Crippen LogP contribution in [0.4, 0.5) is 0 Å². The van der Waals surface area contributed by atoms with Crippen LogP contribution in [0.1, 0.15) is 32.8 Å². The summed E-state index contributed by atoms with van der Waals surface area (Å²) in [6.45, 7) is 5.57. The van der Waals surface area contributed by atoms with Gasteiger partial charge in [0.2, 0.25) is 0 Å². The van der Waals surface area contributed by atoms with Gasteiger partial charge in [0.1, 0.15) is 5.54 Å². The van der Waals surface area contributed by atoms with Gasteiger partial charge in [-0.3, -0.25) is 4.79 Å². The fraction of sp³-hybridized carbons (Fsp3) is 0.562. The molecule has 1 rings (SSSR count). The summed E-state index contributed by atoms with van der Waals surface area (Å²) >= 11 is 0. The molecule has 0 spiro atoms. The Morgan fingerprint density at radius 3 is 2.52 bits per heavy atom. The van der Waals surface area contributed by atoms with E-state index in [1.807, 2.05) is 25.1 Å². The van der Waals surface area contributed by atoms with Crippen LogP contribution in [0.5, 0.6) is 11.5 Å². The highest BCUT2D eigenvalue weighted by molar-refractivity contribution is 5.79. The maximum absolute atomic E-state index is 11.6. The van der Waals surface area contributed by atoms with Crippen molar-refractivity contribution < 1.29 is 19.0 Å². The Bertz CT molecular complexity index is 485. The number of methoxy groups -OCH3 is 2. The minimum absolute atomic E-state index is 0.250. The fourth-order valence-corrected chi connectivity index (χ4v) is 2.20. The summed E-state index contributed by atoms with van der Waals surface area (Å²) in [6.07, 6.45) is 1.02. The van der Waals surface area contributed by atoms with Crippen LogP contribution >= 0.6 is 0 Å². The molecule has 5 heteroatoms. The third-order valence-electron chi connectivity index (χ3n) is 3.33. The monoisotopic (exact) mass is 295 g/mol. The first kappa shape index (κ1) is 17.3. The van der Waals surface area contributed by atoms with E-state index in [9.17, 15) is 4.79 Å². The Balaban J connectivity index is 2.79. The highest BCUT2D eigenvalue weighted by Crippen LogP contribution is 2.30. The number of ether oxygens (including phenoxy) is 3. The van der Waals surface area contributed by atoms with E-state index in [0.29, 0.717) is 17.9 Å². The number of aryl methyl sites for hydroxylation is 1. The Morgan fingerprint density at radius 2 is 2.00 bits per heavy atom. The second-order valence-corrected chi connectivity index (χ2v) is 5.38. The average Bonchev–Trinajstić information content (AvgIpc) is 2.45. The van der Waals surface area contributed by atoms with Gasteiger partial charge >= 0.3 is 5.97 Å². The molecule has 0 radical (unpaired) electrons. The molecule has 118 valence electrons. The number of hydrogen-bond donors (Lipinski definition) is 1. The molecule has 0 amide bonds. The molecule has 5 nitrogen and oxygen atoms in total. The summed E-state index contributed by atoms with van der Waals surface area (Å²) in [7, 11) is 2.93. The van der Waals surface area contributed by atoms with Crippen molar-refractivity contribution in [3.63, 3.8) is 0 Å². The van der Waals surface area contributed by atoms with E-state index >= 15 is 0 Å². The second-order valence-electron chi connectivity index (χ2n) is 5.38. The molecule has 1 aromatic rings. The molecule has 0 saturated carbocycles. The number of carbonyl (C=O) groups is 1. The molecule has 0 aliphatic carbocycles. The van der Waals surface area contributed by atoms with Crippen LogP contribution in [0.3, 0.4) is 0 Å². The molecule has 0 saturated heterocycles. The number of benzene rings is 1. The van der Waals surface area contributed by atoms with E-state index < -0.39 is 11.5 Å². The molecule has 0 bridgehead atoms. The Hall–Kier alpha value is -1.75. The standard InChI is InChI=1S/C16H25NO4/c1-6-12-7-8-13(14(9-12)19-4)21-11(2)10-16(3,17)15(18)20-5/h7-9,11H,6,10,17H2,1-5H3. The summed E-state index contributed by atoms with van der Waals surface area (Å²) in [5.41, 5.74) is 6.05. The Morgan fingerprint density at radius 1 is 1.33 bits per heavy atom. The van der Waals surface area contributed by atoms with Crippen LogP contribution < -0.4 is 15.2 Å². The van der Waals surface area contributed by atoms with Gasteiger partial charge in [0, 0.05) is 6.42 Å². The van der Waals surface area contributed by atoms with E-state index in [2.05, 4.69) is 6.92 Å². The quantitative estimate of drug-likeness (QED) is 0.782. The highest BCUT2D eigenvalue weighted by atomic mass is 16.5. The maximum Gasteiger partial charge on any atom is 0.325 e. The smallest absolute Gasteiger partial charge is 0.325 e. The minimum Gasteiger partial charge on any atom is -0.493 e. The average molecular weight is 295 g/mol. The lowest BCUT2D eigenvalue weighted by Gasteiger charge is -2.26. The van der Waals surface area contributed by atoms with E-state index in [4.69, 9.17) is 19.9 Å². The zero-order valence-electron chi connectivity index (χ0n) is 13.4. The van der Waals surface area contributed by atoms with Crippen LogP contribution in [0.25, 0.3) is 0 Å². The molecular formula is C16H25NO4. The SMILES string of the molecule is CCc1ccc(OC(C)CC(C)(N)C(=O)OC)c(OC)c1. The molecule has 0 heterocycles. The largest absolute Gasteiger partial charge is 0.493 e. The molecule has 2 atom stereocenters. The van der Waals surface area contributed by atoms with Crippen LogP contribution in [0.15, 0.2) is 18.2 Å². The zero-order valence-corrected chi connectivity index (χ0v) is 13.4. The molecular weight excluding hydrogens is 270 g/mol. The summed E-state index contributed by atoms with van der Waals surface area (Å²) < 4.78 is 15.9. The molecule has 0 aliphatic heterocycles. The maximum atomic E-state index is 11.6. The number of nitrogens with two attached hydrogens (primary N) is 1. The third kappa shape index (κ3) is 4.63. The summed E-state index contributed by atoms with van der Waals surface area (Å²) in [6, 6.07) is 5.82. The first-order valence-corrected chi connectivity index (χ1v) is 7.05. The number of rotatable bonds is 7. The van der Waals surface area contributed by atoms with Gasteiger partial charge in [0.25, 0.3) is 0 Å². The molecule has 0 aromatic heterocycles. The minimum atomic E-state index is -1.08. The third-order valence-corrected chi connectivity index (χ3v) is 3.33. The molecule has 1 aromatic carbocycles. The van der Waals surface area contributed by atoms with E-state index in [1.165, 1.54) is 12.7 Å². The predicted molar refractivity (Wildman–Crippen MR) is 81.7 cm³/mol. The van der Waals surface area contributed by atoms with Crippen molar-refractivity contribution in [3.05, 3.63) is 23.8 Å². The first-order valence-electron chi connectivity index (χ1n) is 7.05. The summed E-state index contributed by atoms with van der Waals surface area (Å²) in [5.74, 6) is 0.868. The van der Waals surface area contributed by atoms with Crippen molar-refractivity contribution in [2.75, 3.05) is 14.2 Å². The number of carbonyl (C=O) groups excluding carboxylic acids is 1. The molecule has 2 N–H and O–H groups in total. The topological polar surface area (TPSA) is 70.8 Å². The lowest BCUT2D eigenvalue weighted by atomic mass is 9.96. The van der Waals surface area contributed by atoms with Crippen molar-refractivity contribution in [1.82, 2.24) is 0 Å². The number of esters is 1. The second kappa shape index (κ2) is 7.31. The van der Waals surface area contributed by atoms with Crippen LogP contribution in [0, 0.1) is 0 Å². The predicted octanol–water partition coefficient (Wildman–Crippen LogP) is 2.31. The normalized spacial score (nSPS) is 15.0. The highest BCUT2D eigenvalue weighted by Gasteiger charge is 2.32. The summed E-state index contributed by atoms with van der Waals surface area (Å²) in [4.78, 5) is 11.6. The van der Waals surface area contributed by atoms with Gasteiger partial charge in [-0.25, -0.2) is 0 Å². The van der Waals surface area contributed by atoms with Crippen molar-refractivity contribution >= 4 is 5.97 Å². The first-order chi connectivity index (χ1) is 9.83. The Kier molecular flexibility index (Phi) is 6.03. The van der Waals surface area contributed by atoms with E-state index in [1.54, 1.807) is 14.0 Å². The zero-order chi connectivity index (χ0) is 16.0. The molecule has 0 aliphatic rings. The van der Waals surface area contributed by atoms with Crippen LogP contribution in [-0.4, -0.2) is 31.8 Å². The lowest BCUT2D eigenvalue weighted by Crippen LogP contribution is -2.48. The molecule has 2 unspecified atom stereocenters. The lowest BCUT2D eigenvalue weighted by molar-refractivity contribution is -0.147. The van der Waals surface area contributed by atoms with Gasteiger partial charge < -0.3 is 19.9 Å². The van der Waals surface area contributed by atoms with Crippen LogP contribution in [0.2, 0.25) is 0 Å². The van der Waals surface area contributed by atoms with Gasteiger partial charge in [-0.1, -0.05) is 13.0 Å². The molecule has 21 heavy (non-hydrogen) atoms. The van der Waals surface area contributed by atoms with Gasteiger partial charge in [0.15, 0.2) is 11.5 Å². The van der Waals surface area contributed by atoms with Crippen LogP contribution in [-0.2, 0) is 16.0 Å². The molecule has 0 fully saturated rings. The van der Waals surface area contributed by atoms with Crippen molar-refractivity contribution in [2.45, 2.75) is 45.3 Å². The Labute approximate surface area is 126 Å². The van der Waals surface area contributed by atoms with Gasteiger partial charge in [-0.05, 0) is 38.0 Å². The number of hydrogen-bond acceptors (Lipinski definition) is 5. The van der Waals surface area contributed by atoms with Crippen molar-refractivity contribution in [3.8, 4) is 11.5 Å². The van der Waals surface area contributed by atoms with Crippen molar-refractivity contribution in [1.29, 1.82) is 0 Å². The van der Waals surface area contributed by atoms with Gasteiger partial charge in [0.05, 0.1) is 20.3 Å². The van der Waals surface area contributed by atoms with Gasteiger partial charge in [-0.2, -0.15) is 0 Å². The van der Waals surface area contributed by atoms with Crippen molar-refractivity contribution in [2.24, 2.45) is 5.73 Å². The van der Waals surface area contributed by atoms with Gasteiger partial charge in [-0.15, -0.1) is 0 Å². The summed E-state index contributed by atoms with van der Waals surface area (Å²) in [5, 5.41) is 0. The fourth-order valence-electron chi connectivity index (χ4n) is 2.20. The van der Waals surface area contributed by atoms with E-state index in [0.717, 1.165) is 6.42 Å².